The average molecular weight is 327 g/mol. The second-order valence-electron chi connectivity index (χ2n) is 5.20. The van der Waals surface area contributed by atoms with Gasteiger partial charge in [0.2, 0.25) is 12.2 Å². The Bertz CT molecular complexity index is 538. The summed E-state index contributed by atoms with van der Waals surface area (Å²) in [7, 11) is 1.48. The summed E-state index contributed by atoms with van der Waals surface area (Å²) in [6.45, 7) is 0.772. The molecule has 1 fully saturated rings. The minimum absolute atomic E-state index is 0.343. The van der Waals surface area contributed by atoms with Crippen LogP contribution >= 0.6 is 0 Å². The van der Waals surface area contributed by atoms with Crippen LogP contribution in [-0.2, 0) is 9.53 Å². The van der Waals surface area contributed by atoms with E-state index >= 15 is 0 Å². The fourth-order valence-corrected chi connectivity index (χ4v) is 2.41. The Morgan fingerprint density at radius 2 is 1.91 bits per heavy atom. The molecule has 1 aromatic rings. The summed E-state index contributed by atoms with van der Waals surface area (Å²) in [4.78, 5) is 11.3. The maximum atomic E-state index is 11.3. The van der Waals surface area contributed by atoms with Crippen molar-refractivity contribution in [3.8, 4) is 11.5 Å². The average Bonchev–Trinajstić information content (AvgIpc) is 2.54. The molecule has 8 nitrogen and oxygen atoms in total. The molecule has 5 atom stereocenters. The third-order valence-electron chi connectivity index (χ3n) is 3.56. The van der Waals surface area contributed by atoms with E-state index in [2.05, 4.69) is 5.32 Å². The molecule has 4 N–H and O–H groups in total. The first-order valence-corrected chi connectivity index (χ1v) is 7.17. The van der Waals surface area contributed by atoms with Gasteiger partial charge in [0, 0.05) is 6.92 Å². The van der Waals surface area contributed by atoms with E-state index in [1.54, 1.807) is 24.3 Å². The topological polar surface area (TPSA) is 117 Å². The van der Waals surface area contributed by atoms with E-state index in [0.29, 0.717) is 11.5 Å². The quantitative estimate of drug-likeness (QED) is 0.549. The fraction of sp³-hybridized carbons (Fsp3) is 0.533. The second kappa shape index (κ2) is 7.60. The lowest BCUT2D eigenvalue weighted by molar-refractivity contribution is -0.244. The Kier molecular flexibility index (Phi) is 5.78. The largest absolute Gasteiger partial charge is 0.493 e. The molecule has 128 valence electrons. The number of aliphatic hydroxyl groups excluding tert-OH is 3. The van der Waals surface area contributed by atoms with Crippen molar-refractivity contribution >= 4 is 5.91 Å². The molecule has 23 heavy (non-hydrogen) atoms. The highest BCUT2D eigenvalue weighted by molar-refractivity contribution is 5.73. The van der Waals surface area contributed by atoms with Gasteiger partial charge in [-0.2, -0.15) is 0 Å². The number of hydrogen-bond acceptors (Lipinski definition) is 7. The van der Waals surface area contributed by atoms with Crippen molar-refractivity contribution in [1.29, 1.82) is 0 Å². The van der Waals surface area contributed by atoms with Crippen molar-refractivity contribution in [2.45, 2.75) is 37.6 Å². The summed E-state index contributed by atoms with van der Waals surface area (Å²) in [5, 5.41) is 31.9. The molecular weight excluding hydrogens is 306 g/mol. The van der Waals surface area contributed by atoms with Gasteiger partial charge in [-0.05, 0) is 12.1 Å². The number of benzene rings is 1. The van der Waals surface area contributed by atoms with E-state index < -0.39 is 43.2 Å². The third kappa shape index (κ3) is 3.91. The predicted molar refractivity (Wildman–Crippen MR) is 79.0 cm³/mol. The van der Waals surface area contributed by atoms with E-state index in [9.17, 15) is 20.1 Å². The molecule has 1 aliphatic rings. The second-order valence-corrected chi connectivity index (χ2v) is 5.20. The van der Waals surface area contributed by atoms with Crippen LogP contribution in [0.3, 0.4) is 0 Å². The highest BCUT2D eigenvalue weighted by Crippen LogP contribution is 2.30. The molecule has 0 radical (unpaired) electrons. The van der Waals surface area contributed by atoms with Crippen molar-refractivity contribution in [2.24, 2.45) is 0 Å². The van der Waals surface area contributed by atoms with Gasteiger partial charge in [0.15, 0.2) is 11.5 Å². The molecule has 1 aliphatic heterocycles. The minimum Gasteiger partial charge on any atom is -0.493 e. The van der Waals surface area contributed by atoms with Gasteiger partial charge in [-0.3, -0.25) is 4.79 Å². The molecular formula is C15H21NO7. The Labute approximate surface area is 133 Å². The van der Waals surface area contributed by atoms with Crippen molar-refractivity contribution in [3.05, 3.63) is 24.3 Å². The van der Waals surface area contributed by atoms with E-state index in [0.717, 1.165) is 0 Å². The van der Waals surface area contributed by atoms with Crippen molar-refractivity contribution in [3.63, 3.8) is 0 Å². The Hall–Kier alpha value is -1.87. The zero-order valence-corrected chi connectivity index (χ0v) is 12.9. The molecule has 0 saturated carbocycles. The van der Waals surface area contributed by atoms with Crippen LogP contribution in [0, 0.1) is 0 Å². The van der Waals surface area contributed by atoms with Crippen molar-refractivity contribution < 1.29 is 34.3 Å². The lowest BCUT2D eigenvalue weighted by Crippen LogP contribution is -2.65. The van der Waals surface area contributed by atoms with Crippen LogP contribution in [0.5, 0.6) is 11.5 Å². The van der Waals surface area contributed by atoms with Gasteiger partial charge >= 0.3 is 0 Å². The van der Waals surface area contributed by atoms with Crippen LogP contribution in [0.4, 0.5) is 0 Å². The SMILES string of the molecule is COc1ccccc1O[C@@H]1O[C@H](CO)[C@H](O)[C@H](O)[C@@H]1NC(C)=O. The van der Waals surface area contributed by atoms with Crippen LogP contribution in [0.1, 0.15) is 6.92 Å². The number of aliphatic hydroxyl groups is 3. The standard InChI is InChI=1S/C15H21NO7/c1-8(18)16-12-14(20)13(19)11(7-17)23-15(12)22-10-6-4-3-5-9(10)21-2/h3-6,11-15,17,19-20H,7H2,1-2H3,(H,16,18)/t11-,12+,13+,14-,15-/m1/s1. The van der Waals surface area contributed by atoms with Gasteiger partial charge in [0.05, 0.1) is 13.7 Å². The van der Waals surface area contributed by atoms with Gasteiger partial charge in [0.25, 0.3) is 0 Å². The number of nitrogens with one attached hydrogen (secondary N) is 1. The van der Waals surface area contributed by atoms with Gasteiger partial charge < -0.3 is 34.8 Å². The van der Waals surface area contributed by atoms with Crippen LogP contribution in [-0.4, -0.2) is 65.6 Å². The third-order valence-corrected chi connectivity index (χ3v) is 3.56. The molecule has 1 heterocycles. The number of rotatable bonds is 5. The first-order valence-electron chi connectivity index (χ1n) is 7.17. The van der Waals surface area contributed by atoms with Gasteiger partial charge in [-0.1, -0.05) is 12.1 Å². The first kappa shape index (κ1) is 17.5. The number of carbonyl (C=O) groups is 1. The molecule has 0 unspecified atom stereocenters. The van der Waals surface area contributed by atoms with Crippen LogP contribution in [0.15, 0.2) is 24.3 Å². The molecule has 0 aliphatic carbocycles. The number of carbonyl (C=O) groups excluding carboxylic acids is 1. The number of ether oxygens (including phenoxy) is 3. The molecule has 1 saturated heterocycles. The molecule has 1 amide bonds. The predicted octanol–water partition coefficient (Wildman–Crippen LogP) is -0.982. The monoisotopic (exact) mass is 327 g/mol. The molecule has 0 aromatic heterocycles. The van der Waals surface area contributed by atoms with Crippen LogP contribution in [0.2, 0.25) is 0 Å². The van der Waals surface area contributed by atoms with Gasteiger partial charge in [-0.25, -0.2) is 0 Å². The maximum Gasteiger partial charge on any atom is 0.223 e. The molecule has 2 rings (SSSR count). The van der Waals surface area contributed by atoms with Crippen molar-refractivity contribution in [1.82, 2.24) is 5.32 Å². The number of methoxy groups -OCH3 is 1. The smallest absolute Gasteiger partial charge is 0.223 e. The lowest BCUT2D eigenvalue weighted by atomic mass is 9.97. The summed E-state index contributed by atoms with van der Waals surface area (Å²) >= 11 is 0. The molecule has 1 aromatic carbocycles. The Morgan fingerprint density at radius 1 is 1.26 bits per heavy atom. The first-order chi connectivity index (χ1) is 11.0. The number of hydrogen-bond donors (Lipinski definition) is 4. The van der Waals surface area contributed by atoms with Gasteiger partial charge in [-0.15, -0.1) is 0 Å². The lowest BCUT2D eigenvalue weighted by Gasteiger charge is -2.42. The summed E-state index contributed by atoms with van der Waals surface area (Å²) in [6, 6.07) is 5.80. The van der Waals surface area contributed by atoms with E-state index in [4.69, 9.17) is 14.2 Å². The van der Waals surface area contributed by atoms with E-state index in [1.165, 1.54) is 14.0 Å². The normalized spacial score (nSPS) is 30.6. The summed E-state index contributed by atoms with van der Waals surface area (Å²) < 4.78 is 16.4. The summed E-state index contributed by atoms with van der Waals surface area (Å²) in [6.07, 6.45) is -4.85. The number of amides is 1. The molecule has 0 spiro atoms. The van der Waals surface area contributed by atoms with E-state index in [1.807, 2.05) is 0 Å². The van der Waals surface area contributed by atoms with Gasteiger partial charge in [0.1, 0.15) is 24.4 Å². The van der Waals surface area contributed by atoms with Crippen LogP contribution in [0.25, 0.3) is 0 Å². The maximum absolute atomic E-state index is 11.3. The van der Waals surface area contributed by atoms with Crippen LogP contribution < -0.4 is 14.8 Å². The summed E-state index contributed by atoms with van der Waals surface area (Å²) in [5.41, 5.74) is 0. The summed E-state index contributed by atoms with van der Waals surface area (Å²) in [5.74, 6) is 0.371. The Morgan fingerprint density at radius 3 is 2.48 bits per heavy atom. The minimum atomic E-state index is -1.36. The van der Waals surface area contributed by atoms with Crippen molar-refractivity contribution in [2.75, 3.05) is 13.7 Å². The van der Waals surface area contributed by atoms with E-state index in [-0.39, 0.29) is 0 Å². The zero-order chi connectivity index (χ0) is 17.0. The Balaban J connectivity index is 2.25. The molecule has 8 heteroatoms. The zero-order valence-electron chi connectivity index (χ0n) is 12.9. The highest BCUT2D eigenvalue weighted by atomic mass is 16.7. The number of para-hydroxylation sites is 2. The molecule has 0 bridgehead atoms. The fourth-order valence-electron chi connectivity index (χ4n) is 2.41. The highest BCUT2D eigenvalue weighted by Gasteiger charge is 2.46.